The molecule has 0 amide bonds. The molecule has 0 saturated carbocycles. The molecule has 0 unspecified atom stereocenters. The second-order valence-corrected chi connectivity index (χ2v) is 5.37. The lowest BCUT2D eigenvalue weighted by Gasteiger charge is -2.17. The summed E-state index contributed by atoms with van der Waals surface area (Å²) in [5.41, 5.74) is 0. The first-order chi connectivity index (χ1) is 11.7. The van der Waals surface area contributed by atoms with Gasteiger partial charge in [0.25, 0.3) is 0 Å². The molecule has 0 rings (SSSR count). The van der Waals surface area contributed by atoms with E-state index in [0.29, 0.717) is 39.3 Å². The lowest BCUT2D eigenvalue weighted by Crippen LogP contribution is -2.32. The van der Waals surface area contributed by atoms with Crippen molar-refractivity contribution in [3.63, 3.8) is 0 Å². The molecule has 0 aliphatic rings. The first-order valence-corrected chi connectivity index (χ1v) is 8.89. The van der Waals surface area contributed by atoms with E-state index in [-0.39, 0.29) is 39.6 Å². The maximum Gasteiger partial charge on any atom is 0.394 e. The van der Waals surface area contributed by atoms with E-state index in [4.69, 9.17) is 48.2 Å². The van der Waals surface area contributed by atoms with Crippen LogP contribution in [0, 0.1) is 0 Å². The van der Waals surface area contributed by atoms with E-state index in [1.807, 2.05) is 0 Å². The monoisotopic (exact) mass is 396 g/mol. The van der Waals surface area contributed by atoms with Crippen LogP contribution in [0.1, 0.15) is 0 Å². The number of hydrogen-bond donors (Lipinski definition) is 8. The maximum absolute atomic E-state index is 8.74. The Balaban J connectivity index is -0.000000308. The van der Waals surface area contributed by atoms with Crippen molar-refractivity contribution < 1.29 is 48.2 Å². The summed E-state index contributed by atoms with van der Waals surface area (Å²) in [6.45, 7) is 3.51. The second-order valence-electron chi connectivity index (χ2n) is 4.47. The average Bonchev–Trinajstić information content (AvgIpc) is 2.48. The van der Waals surface area contributed by atoms with Crippen molar-refractivity contribution >= 4 is 10.4 Å². The van der Waals surface area contributed by atoms with Crippen LogP contribution in [0.2, 0.25) is 0 Å². The molecule has 8 N–H and O–H groups in total. The molecule has 0 radical (unpaired) electrons. The number of nitrogens with zero attached hydrogens (tertiary/aromatic N) is 2. The van der Waals surface area contributed by atoms with E-state index in [1.165, 1.54) is 0 Å². The third kappa shape index (κ3) is 35.5. The maximum atomic E-state index is 8.74. The predicted molar refractivity (Wildman–Crippen MR) is 89.6 cm³/mol. The van der Waals surface area contributed by atoms with Gasteiger partial charge in [-0.05, 0) is 0 Å². The molecular formula is C12H32N2O10S. The Morgan fingerprint density at radius 2 is 0.600 bits per heavy atom. The summed E-state index contributed by atoms with van der Waals surface area (Å²) in [7, 11) is -4.67. The first-order valence-electron chi connectivity index (χ1n) is 7.49. The van der Waals surface area contributed by atoms with Gasteiger partial charge in [0.2, 0.25) is 0 Å². The van der Waals surface area contributed by atoms with Crippen LogP contribution in [0.5, 0.6) is 0 Å². The molecule has 0 saturated heterocycles. The van der Waals surface area contributed by atoms with E-state index < -0.39 is 10.4 Å². The van der Waals surface area contributed by atoms with Gasteiger partial charge < -0.3 is 30.6 Å². The van der Waals surface area contributed by atoms with Crippen LogP contribution in [0.25, 0.3) is 0 Å². The van der Waals surface area contributed by atoms with Gasteiger partial charge in [0, 0.05) is 39.3 Å². The molecule has 0 spiro atoms. The quantitative estimate of drug-likeness (QED) is 0.148. The van der Waals surface area contributed by atoms with Crippen molar-refractivity contribution in [2.45, 2.75) is 0 Å². The molecule has 0 aromatic carbocycles. The van der Waals surface area contributed by atoms with E-state index in [9.17, 15) is 0 Å². The summed E-state index contributed by atoms with van der Waals surface area (Å²) < 4.78 is 31.6. The Morgan fingerprint density at radius 1 is 0.480 bits per heavy atom. The SMILES string of the molecule is O=S(=O)(O)O.OCCN(CCO)CCO.OCCN(CCO)CCO. The van der Waals surface area contributed by atoms with Crippen LogP contribution in [0.3, 0.4) is 0 Å². The molecule has 0 bridgehead atoms. The molecule has 0 heterocycles. The van der Waals surface area contributed by atoms with Crippen molar-refractivity contribution in [1.29, 1.82) is 0 Å². The zero-order valence-corrected chi connectivity index (χ0v) is 15.0. The number of rotatable bonds is 12. The van der Waals surface area contributed by atoms with Crippen molar-refractivity contribution in [3.8, 4) is 0 Å². The minimum atomic E-state index is -4.67. The summed E-state index contributed by atoms with van der Waals surface area (Å²) >= 11 is 0. The van der Waals surface area contributed by atoms with Crippen LogP contribution in [0.4, 0.5) is 0 Å². The highest BCUT2D eigenvalue weighted by atomic mass is 32.3. The molecule has 12 nitrogen and oxygen atoms in total. The summed E-state index contributed by atoms with van der Waals surface area (Å²) in [4.78, 5) is 3.58. The van der Waals surface area contributed by atoms with Crippen LogP contribution in [-0.4, -0.2) is 137 Å². The molecule has 0 aliphatic heterocycles. The van der Waals surface area contributed by atoms with Crippen molar-refractivity contribution in [2.24, 2.45) is 0 Å². The minimum Gasteiger partial charge on any atom is -0.395 e. The third-order valence-electron chi connectivity index (χ3n) is 2.50. The summed E-state index contributed by atoms with van der Waals surface area (Å²) in [5, 5.41) is 50.9. The van der Waals surface area contributed by atoms with Crippen LogP contribution < -0.4 is 0 Å². The van der Waals surface area contributed by atoms with Gasteiger partial charge in [-0.1, -0.05) is 0 Å². The number of aliphatic hydroxyl groups excluding tert-OH is 6. The zero-order chi connectivity index (χ0) is 20.1. The van der Waals surface area contributed by atoms with Crippen LogP contribution in [0.15, 0.2) is 0 Å². The highest BCUT2D eigenvalue weighted by Gasteiger charge is 2.01. The lowest BCUT2D eigenvalue weighted by atomic mass is 10.4. The van der Waals surface area contributed by atoms with Crippen molar-refractivity contribution in [2.75, 3.05) is 78.9 Å². The molecule has 0 aromatic heterocycles. The summed E-state index contributed by atoms with van der Waals surface area (Å²) in [6.07, 6.45) is 0. The Labute approximate surface area is 148 Å². The van der Waals surface area contributed by atoms with Crippen LogP contribution >= 0.6 is 0 Å². The molecule has 0 aliphatic carbocycles. The van der Waals surface area contributed by atoms with Gasteiger partial charge in [-0.3, -0.25) is 18.9 Å². The Morgan fingerprint density at radius 3 is 0.680 bits per heavy atom. The molecule has 0 aromatic rings. The van der Waals surface area contributed by atoms with Gasteiger partial charge >= 0.3 is 10.4 Å². The molecule has 13 heteroatoms. The molecule has 0 atom stereocenters. The lowest BCUT2D eigenvalue weighted by molar-refractivity contribution is 0.136. The fourth-order valence-electron chi connectivity index (χ4n) is 1.52. The fraction of sp³-hybridized carbons (Fsp3) is 1.00. The van der Waals surface area contributed by atoms with Gasteiger partial charge in [-0.25, -0.2) is 0 Å². The van der Waals surface area contributed by atoms with E-state index in [2.05, 4.69) is 0 Å². The normalized spacial score (nSPS) is 11.0. The molecule has 25 heavy (non-hydrogen) atoms. The van der Waals surface area contributed by atoms with Gasteiger partial charge in [0.1, 0.15) is 0 Å². The molecule has 0 fully saturated rings. The largest absolute Gasteiger partial charge is 0.395 e. The van der Waals surface area contributed by atoms with Gasteiger partial charge in [-0.15, -0.1) is 0 Å². The van der Waals surface area contributed by atoms with Gasteiger partial charge in [0.05, 0.1) is 39.6 Å². The second kappa shape index (κ2) is 21.6. The zero-order valence-electron chi connectivity index (χ0n) is 14.2. The smallest absolute Gasteiger partial charge is 0.394 e. The van der Waals surface area contributed by atoms with E-state index in [1.54, 1.807) is 9.80 Å². The highest BCUT2D eigenvalue weighted by molar-refractivity contribution is 7.79. The number of hydrogen-bond acceptors (Lipinski definition) is 10. The average molecular weight is 396 g/mol. The summed E-state index contributed by atoms with van der Waals surface area (Å²) in [5.74, 6) is 0. The van der Waals surface area contributed by atoms with E-state index >= 15 is 0 Å². The first kappa shape index (κ1) is 29.3. The van der Waals surface area contributed by atoms with Crippen molar-refractivity contribution in [3.05, 3.63) is 0 Å². The topological polar surface area (TPSA) is 202 Å². The fourth-order valence-corrected chi connectivity index (χ4v) is 1.52. The van der Waals surface area contributed by atoms with Gasteiger partial charge in [0.15, 0.2) is 0 Å². The Kier molecular flexibility index (Phi) is 25.3. The number of aliphatic hydroxyl groups is 6. The van der Waals surface area contributed by atoms with Gasteiger partial charge in [-0.2, -0.15) is 8.42 Å². The Bertz CT molecular complexity index is 290. The Hall–Kier alpha value is -0.450. The van der Waals surface area contributed by atoms with E-state index in [0.717, 1.165) is 0 Å². The highest BCUT2D eigenvalue weighted by Crippen LogP contribution is 1.84. The standard InChI is InChI=1S/2C6H15NO3.H2O4S/c2*8-4-1-7(2-5-9)3-6-10;1-5(2,3)4/h2*8-10H,1-6H2;(H2,1,2,3,4). The third-order valence-corrected chi connectivity index (χ3v) is 2.50. The molecule has 156 valence electrons. The van der Waals surface area contributed by atoms with Crippen molar-refractivity contribution in [1.82, 2.24) is 9.80 Å². The minimum absolute atomic E-state index is 0.0694. The van der Waals surface area contributed by atoms with Crippen LogP contribution in [-0.2, 0) is 10.4 Å². The molecular weight excluding hydrogens is 364 g/mol. The predicted octanol–water partition coefficient (Wildman–Crippen LogP) is -4.12. The summed E-state index contributed by atoms with van der Waals surface area (Å²) in [6, 6.07) is 0.